The van der Waals surface area contributed by atoms with Gasteiger partial charge in [0.05, 0.1) is 22.7 Å². The molecule has 2 N–H and O–H groups in total. The zero-order valence-corrected chi connectivity index (χ0v) is 37.8. The van der Waals surface area contributed by atoms with E-state index in [-0.39, 0.29) is 47.3 Å². The van der Waals surface area contributed by atoms with Gasteiger partial charge in [-0.05, 0) is 122 Å². The summed E-state index contributed by atoms with van der Waals surface area (Å²) in [6, 6.07) is 20.2. The second-order valence-electron chi connectivity index (χ2n) is 14.8. The first-order chi connectivity index (χ1) is 30.7. The Morgan fingerprint density at radius 2 is 0.828 bits per heavy atom. The maximum absolute atomic E-state index is 12.4. The van der Waals surface area contributed by atoms with Crippen molar-refractivity contribution in [3.8, 4) is 11.5 Å². The summed E-state index contributed by atoms with van der Waals surface area (Å²) in [4.78, 5) is 23.4. The van der Waals surface area contributed by atoms with E-state index in [9.17, 15) is 35.5 Å². The number of carbonyl (C=O) groups is 2. The van der Waals surface area contributed by atoms with Crippen molar-refractivity contribution in [3.05, 3.63) is 120 Å². The third-order valence-electron chi connectivity index (χ3n) is 9.50. The Morgan fingerprint density at radius 1 is 0.484 bits per heavy atom. The lowest BCUT2D eigenvalue weighted by atomic mass is 10.1. The normalized spacial score (nSPS) is 12.4. The summed E-state index contributed by atoms with van der Waals surface area (Å²) < 4.78 is 80.5. The van der Waals surface area contributed by atoms with Crippen LogP contribution in [-0.2, 0) is 29.8 Å². The molecule has 4 rings (SSSR count). The van der Waals surface area contributed by atoms with E-state index in [1.165, 1.54) is 74.9 Å². The van der Waals surface area contributed by atoms with Gasteiger partial charge in [0.1, 0.15) is 21.3 Å². The van der Waals surface area contributed by atoms with Crippen LogP contribution in [0.4, 0.5) is 22.7 Å². The van der Waals surface area contributed by atoms with Crippen molar-refractivity contribution in [2.24, 2.45) is 20.5 Å². The highest BCUT2D eigenvalue weighted by Gasteiger charge is 2.18. The van der Waals surface area contributed by atoms with Gasteiger partial charge in [0.2, 0.25) is 0 Å². The molecule has 0 heterocycles. The van der Waals surface area contributed by atoms with Crippen molar-refractivity contribution < 1.29 is 45.0 Å². The van der Waals surface area contributed by atoms with Crippen LogP contribution < -0.4 is 9.47 Å². The first-order valence-electron chi connectivity index (χ1n) is 21.4. The maximum atomic E-state index is 12.4. The van der Waals surface area contributed by atoms with Crippen LogP contribution in [0.1, 0.15) is 115 Å². The van der Waals surface area contributed by atoms with Crippen LogP contribution in [-0.4, -0.2) is 37.9 Å². The molecular formula is C48H56N4O10S2. The van der Waals surface area contributed by atoms with Crippen molar-refractivity contribution >= 4 is 67.1 Å². The molecule has 340 valence electrons. The number of carbonyl (C=O) groups excluding carboxylic acids is 2. The smallest absolute Gasteiger partial charge is 0.311 e. The number of allylic oxidation sites excluding steroid dienone is 4. The molecule has 14 nitrogen and oxygen atoms in total. The number of rotatable bonds is 26. The van der Waals surface area contributed by atoms with Crippen molar-refractivity contribution in [1.82, 2.24) is 0 Å². The van der Waals surface area contributed by atoms with Gasteiger partial charge >= 0.3 is 11.9 Å². The summed E-state index contributed by atoms with van der Waals surface area (Å²) in [5.41, 5.74) is 0.881. The third kappa shape index (κ3) is 18.8. The lowest BCUT2D eigenvalue weighted by Gasteiger charge is -2.06. The Balaban J connectivity index is 1.36. The van der Waals surface area contributed by atoms with Gasteiger partial charge in [0.25, 0.3) is 20.2 Å². The van der Waals surface area contributed by atoms with Gasteiger partial charge in [-0.1, -0.05) is 101 Å². The fourth-order valence-corrected chi connectivity index (χ4v) is 7.49. The number of esters is 2. The summed E-state index contributed by atoms with van der Waals surface area (Å²) in [6.07, 6.45) is 23.8. The number of benzene rings is 4. The molecule has 4 aromatic carbocycles. The predicted octanol–water partition coefficient (Wildman–Crippen LogP) is 13.6. The van der Waals surface area contributed by atoms with E-state index in [4.69, 9.17) is 9.47 Å². The second-order valence-corrected chi connectivity index (χ2v) is 17.6. The molecular weight excluding hydrogens is 857 g/mol. The van der Waals surface area contributed by atoms with Crippen LogP contribution in [0.3, 0.4) is 0 Å². The molecule has 0 saturated carbocycles. The van der Waals surface area contributed by atoms with Gasteiger partial charge in [-0.3, -0.25) is 18.7 Å². The van der Waals surface area contributed by atoms with E-state index in [2.05, 4.69) is 46.5 Å². The van der Waals surface area contributed by atoms with Crippen LogP contribution in [0.2, 0.25) is 0 Å². The number of unbranched alkanes of at least 4 members (excludes halogenated alkanes) is 8. The molecule has 16 heteroatoms. The summed E-state index contributed by atoms with van der Waals surface area (Å²) in [6.45, 7) is 4.34. The fourth-order valence-electron chi connectivity index (χ4n) is 6.08. The Hall–Kier alpha value is -5.94. The zero-order chi connectivity index (χ0) is 46.2. The fraction of sp³-hybridized carbons (Fsp3) is 0.333. The van der Waals surface area contributed by atoms with Gasteiger partial charge in [-0.25, -0.2) is 0 Å². The van der Waals surface area contributed by atoms with Gasteiger partial charge in [-0.2, -0.15) is 37.3 Å². The monoisotopic (exact) mass is 912 g/mol. The lowest BCUT2D eigenvalue weighted by molar-refractivity contribution is -0.135. The van der Waals surface area contributed by atoms with Crippen LogP contribution in [0.15, 0.2) is 139 Å². The second kappa shape index (κ2) is 26.6. The maximum Gasteiger partial charge on any atom is 0.311 e. The van der Waals surface area contributed by atoms with Gasteiger partial charge < -0.3 is 9.47 Å². The van der Waals surface area contributed by atoms with E-state index in [1.807, 2.05) is 12.2 Å². The number of nitrogens with zero attached hydrogens (tertiary/aromatic N) is 4. The highest BCUT2D eigenvalue weighted by Crippen LogP contribution is 2.30. The Kier molecular flexibility index (Phi) is 21.1. The Labute approximate surface area is 376 Å². The minimum atomic E-state index is -4.80. The zero-order valence-electron chi connectivity index (χ0n) is 36.2. The molecule has 0 bridgehead atoms. The summed E-state index contributed by atoms with van der Waals surface area (Å²) in [5.74, 6) is -0.0706. The van der Waals surface area contributed by atoms with Gasteiger partial charge in [-0.15, -0.1) is 0 Å². The first kappa shape index (κ1) is 50.7. The molecule has 0 spiro atoms. The molecule has 4 aromatic rings. The molecule has 0 aliphatic rings. The largest absolute Gasteiger partial charge is 0.427 e. The van der Waals surface area contributed by atoms with Crippen molar-refractivity contribution in [2.45, 2.75) is 114 Å². The minimum absolute atomic E-state index is 0.0146. The van der Waals surface area contributed by atoms with Crippen molar-refractivity contribution in [2.75, 3.05) is 0 Å². The van der Waals surface area contributed by atoms with E-state index in [1.54, 1.807) is 48.5 Å². The minimum Gasteiger partial charge on any atom is -0.427 e. The lowest BCUT2D eigenvalue weighted by Crippen LogP contribution is -2.06. The number of ether oxygens (including phenoxy) is 2. The summed E-state index contributed by atoms with van der Waals surface area (Å²) in [5, 5.41) is 16.4. The molecule has 0 aromatic heterocycles. The van der Waals surface area contributed by atoms with Gasteiger partial charge in [0.15, 0.2) is 0 Å². The van der Waals surface area contributed by atoms with Crippen LogP contribution >= 0.6 is 0 Å². The van der Waals surface area contributed by atoms with Crippen LogP contribution in [0.25, 0.3) is 12.2 Å². The highest BCUT2D eigenvalue weighted by atomic mass is 32.2. The predicted molar refractivity (Wildman–Crippen MR) is 248 cm³/mol. The number of azo groups is 2. The van der Waals surface area contributed by atoms with Crippen molar-refractivity contribution in [1.29, 1.82) is 0 Å². The van der Waals surface area contributed by atoms with Crippen LogP contribution in [0, 0.1) is 0 Å². The standard InChI is InChI=1S/C48H56N4O10S2/c1-3-5-7-9-11-13-15-17-19-47(53)61-43-31-27-39(28-32-43)49-51-41-25-23-37(45(35-41)63(55,56)57)21-22-38-24-26-42(36-46(38)64(58,59)60)52-50-40-29-33-44(34-30-40)62-48(54)20-18-16-14-12-10-8-6-4-2/h13-16,21-36H,3-12,17-20H2,1-2H3,(H,55,56,57)(H,58,59,60)/b15-13+,16-14+,22-21-,51-49?,52-50?. The molecule has 64 heavy (non-hydrogen) atoms. The molecule has 0 aliphatic carbocycles. The Morgan fingerprint density at radius 3 is 1.19 bits per heavy atom. The van der Waals surface area contributed by atoms with Gasteiger partial charge in [0, 0.05) is 12.8 Å². The molecule has 0 unspecified atom stereocenters. The van der Waals surface area contributed by atoms with Crippen molar-refractivity contribution in [3.63, 3.8) is 0 Å². The summed E-state index contributed by atoms with van der Waals surface area (Å²) in [7, 11) is -9.60. The third-order valence-corrected chi connectivity index (χ3v) is 11.3. The first-order valence-corrected chi connectivity index (χ1v) is 24.3. The topological polar surface area (TPSA) is 211 Å². The SMILES string of the molecule is CCCCCC/C=C/CCC(=O)Oc1ccc(N=Nc2ccc(/C=C\c3ccc(N=Nc4ccc(OC(=O)CC/C=C/CCCCCC)cc4)cc3S(=O)(=O)O)c(S(=O)(=O)O)c2)cc1. The average Bonchev–Trinajstić information content (AvgIpc) is 3.26. The van der Waals surface area contributed by atoms with E-state index < -0.39 is 30.0 Å². The van der Waals surface area contributed by atoms with E-state index >= 15 is 0 Å². The average molecular weight is 913 g/mol. The molecule has 0 atom stereocenters. The highest BCUT2D eigenvalue weighted by molar-refractivity contribution is 7.86. The quantitative estimate of drug-likeness (QED) is 0.0116. The van der Waals surface area contributed by atoms with E-state index in [0.29, 0.717) is 35.7 Å². The summed E-state index contributed by atoms with van der Waals surface area (Å²) >= 11 is 0. The number of hydrogen-bond acceptors (Lipinski definition) is 12. The molecule has 0 radical (unpaired) electrons. The molecule has 0 saturated heterocycles. The number of hydrogen-bond donors (Lipinski definition) is 2. The molecule has 0 amide bonds. The Bertz CT molecular complexity index is 2340. The molecule has 0 aliphatic heterocycles. The van der Waals surface area contributed by atoms with Crippen LogP contribution in [0.5, 0.6) is 11.5 Å². The van der Waals surface area contributed by atoms with E-state index in [0.717, 1.165) is 37.8 Å². The molecule has 0 fully saturated rings.